The van der Waals surface area contributed by atoms with Crippen LogP contribution >= 0.6 is 11.8 Å². The van der Waals surface area contributed by atoms with Crippen LogP contribution in [0.2, 0.25) is 0 Å². The molecule has 1 rings (SSSR count). The SMILES string of the molecule is CSC1=CCC(C)=CC=C1N=CN. The summed E-state index contributed by atoms with van der Waals surface area (Å²) in [6.45, 7) is 2.11. The molecule has 0 saturated carbocycles. The molecule has 2 N–H and O–H groups in total. The van der Waals surface area contributed by atoms with E-state index in [9.17, 15) is 0 Å². The van der Waals surface area contributed by atoms with Gasteiger partial charge in [0, 0.05) is 4.91 Å². The third-order valence-corrected chi connectivity index (χ3v) is 2.64. The first-order valence-corrected chi connectivity index (χ1v) is 5.36. The molecule has 0 aromatic carbocycles. The van der Waals surface area contributed by atoms with Crippen molar-refractivity contribution in [1.82, 2.24) is 0 Å². The molecule has 1 aliphatic rings. The third-order valence-electron chi connectivity index (χ3n) is 1.82. The van der Waals surface area contributed by atoms with E-state index in [1.165, 1.54) is 16.8 Å². The van der Waals surface area contributed by atoms with E-state index >= 15 is 0 Å². The lowest BCUT2D eigenvalue weighted by Gasteiger charge is -2.01. The van der Waals surface area contributed by atoms with Crippen LogP contribution in [-0.4, -0.2) is 12.6 Å². The van der Waals surface area contributed by atoms with Crippen molar-refractivity contribution in [2.45, 2.75) is 13.3 Å². The number of hydrogen-bond acceptors (Lipinski definition) is 2. The Hall–Kier alpha value is -0.960. The van der Waals surface area contributed by atoms with Crippen molar-refractivity contribution in [3.05, 3.63) is 34.4 Å². The van der Waals surface area contributed by atoms with E-state index in [2.05, 4.69) is 24.1 Å². The van der Waals surface area contributed by atoms with E-state index in [0.29, 0.717) is 0 Å². The van der Waals surface area contributed by atoms with Gasteiger partial charge < -0.3 is 5.73 Å². The molecule has 2 nitrogen and oxygen atoms in total. The van der Waals surface area contributed by atoms with Gasteiger partial charge in [0.05, 0.1) is 12.0 Å². The first-order valence-electron chi connectivity index (χ1n) is 4.14. The van der Waals surface area contributed by atoms with Crippen LogP contribution in [0.5, 0.6) is 0 Å². The summed E-state index contributed by atoms with van der Waals surface area (Å²) in [5, 5.41) is 0. The van der Waals surface area contributed by atoms with Crippen LogP contribution in [0, 0.1) is 0 Å². The van der Waals surface area contributed by atoms with Crippen LogP contribution < -0.4 is 5.73 Å². The second-order valence-corrected chi connectivity index (χ2v) is 3.67. The lowest BCUT2D eigenvalue weighted by Crippen LogP contribution is -1.90. The van der Waals surface area contributed by atoms with Crippen molar-refractivity contribution in [2.75, 3.05) is 6.26 Å². The number of nitrogens with two attached hydrogens (primary N) is 1. The normalized spacial score (nSPS) is 17.8. The zero-order valence-electron chi connectivity index (χ0n) is 7.95. The fourth-order valence-corrected chi connectivity index (χ4v) is 1.68. The fourth-order valence-electron chi connectivity index (χ4n) is 1.10. The molecule has 0 saturated heterocycles. The highest BCUT2D eigenvalue weighted by molar-refractivity contribution is 8.02. The summed E-state index contributed by atoms with van der Waals surface area (Å²) in [6.07, 6.45) is 10.7. The van der Waals surface area contributed by atoms with E-state index in [-0.39, 0.29) is 0 Å². The molecule has 13 heavy (non-hydrogen) atoms. The van der Waals surface area contributed by atoms with E-state index in [0.717, 1.165) is 12.1 Å². The molecule has 0 aromatic rings. The van der Waals surface area contributed by atoms with Crippen LogP contribution in [0.25, 0.3) is 0 Å². The van der Waals surface area contributed by atoms with Crippen LogP contribution in [0.1, 0.15) is 13.3 Å². The maximum Gasteiger partial charge on any atom is 0.0860 e. The van der Waals surface area contributed by atoms with Gasteiger partial charge in [-0.2, -0.15) is 0 Å². The summed E-state index contributed by atoms with van der Waals surface area (Å²) >= 11 is 1.70. The number of thioether (sulfide) groups is 1. The van der Waals surface area contributed by atoms with Gasteiger partial charge in [-0.25, -0.2) is 4.99 Å². The van der Waals surface area contributed by atoms with E-state index in [4.69, 9.17) is 5.73 Å². The van der Waals surface area contributed by atoms with Crippen molar-refractivity contribution in [1.29, 1.82) is 0 Å². The lowest BCUT2D eigenvalue weighted by atomic mass is 10.2. The Bertz CT molecular complexity index is 298. The Morgan fingerprint density at radius 1 is 1.54 bits per heavy atom. The molecule has 0 unspecified atom stereocenters. The van der Waals surface area contributed by atoms with Crippen LogP contribution in [0.4, 0.5) is 0 Å². The number of nitrogens with zero attached hydrogens (tertiary/aromatic N) is 1. The molecule has 0 bridgehead atoms. The Morgan fingerprint density at radius 2 is 2.31 bits per heavy atom. The second-order valence-electron chi connectivity index (χ2n) is 2.82. The first-order chi connectivity index (χ1) is 6.27. The van der Waals surface area contributed by atoms with Gasteiger partial charge in [0.25, 0.3) is 0 Å². The van der Waals surface area contributed by atoms with Crippen molar-refractivity contribution >= 4 is 18.1 Å². The summed E-state index contributed by atoms with van der Waals surface area (Å²) in [7, 11) is 0. The second kappa shape index (κ2) is 4.92. The topological polar surface area (TPSA) is 38.4 Å². The zero-order valence-corrected chi connectivity index (χ0v) is 8.77. The first kappa shape index (κ1) is 10.1. The zero-order chi connectivity index (χ0) is 9.68. The van der Waals surface area contributed by atoms with Crippen LogP contribution in [-0.2, 0) is 0 Å². The molecular formula is C10H14N2S. The van der Waals surface area contributed by atoms with Gasteiger partial charge in [0.15, 0.2) is 0 Å². The molecule has 0 atom stereocenters. The molecule has 0 spiro atoms. The molecule has 0 heterocycles. The Kier molecular flexibility index (Phi) is 3.83. The predicted molar refractivity (Wildman–Crippen MR) is 60.7 cm³/mol. The monoisotopic (exact) mass is 194 g/mol. The number of rotatable bonds is 2. The fraction of sp³-hybridized carbons (Fsp3) is 0.300. The molecule has 0 amide bonds. The molecule has 0 fully saturated rings. The quantitative estimate of drug-likeness (QED) is 0.541. The number of allylic oxidation sites excluding steroid dienone is 4. The van der Waals surface area contributed by atoms with Gasteiger partial charge in [0.1, 0.15) is 0 Å². The smallest absolute Gasteiger partial charge is 0.0860 e. The van der Waals surface area contributed by atoms with E-state index in [1.807, 2.05) is 12.3 Å². The number of hydrogen-bond donors (Lipinski definition) is 1. The summed E-state index contributed by atoms with van der Waals surface area (Å²) < 4.78 is 0. The molecule has 3 heteroatoms. The van der Waals surface area contributed by atoms with E-state index < -0.39 is 0 Å². The predicted octanol–water partition coefficient (Wildman–Crippen LogP) is 2.45. The van der Waals surface area contributed by atoms with Gasteiger partial charge >= 0.3 is 0 Å². The molecule has 70 valence electrons. The van der Waals surface area contributed by atoms with Crippen molar-refractivity contribution in [2.24, 2.45) is 10.7 Å². The van der Waals surface area contributed by atoms with Gasteiger partial charge in [-0.05, 0) is 25.7 Å². The minimum atomic E-state index is 0.951. The standard InChI is InChI=1S/C10H14N2S/c1-8-3-5-9(12-7-11)10(13-2)6-4-8/h3,5-7H,4H2,1-2H3,(H2,11,12). The van der Waals surface area contributed by atoms with Crippen LogP contribution in [0.15, 0.2) is 39.4 Å². The Balaban J connectivity index is 2.97. The molecule has 1 aliphatic carbocycles. The van der Waals surface area contributed by atoms with Gasteiger partial charge in [-0.1, -0.05) is 17.7 Å². The average Bonchev–Trinajstić information content (AvgIpc) is 2.30. The minimum Gasteiger partial charge on any atom is -0.390 e. The highest BCUT2D eigenvalue weighted by atomic mass is 32.2. The Morgan fingerprint density at radius 3 is 2.92 bits per heavy atom. The lowest BCUT2D eigenvalue weighted by molar-refractivity contribution is 1.21. The maximum atomic E-state index is 5.27. The Labute approximate surface area is 83.3 Å². The van der Waals surface area contributed by atoms with Crippen molar-refractivity contribution in [3.8, 4) is 0 Å². The third kappa shape index (κ3) is 2.77. The van der Waals surface area contributed by atoms with Gasteiger partial charge in [-0.3, -0.25) is 0 Å². The van der Waals surface area contributed by atoms with Crippen molar-refractivity contribution in [3.63, 3.8) is 0 Å². The highest BCUT2D eigenvalue weighted by Crippen LogP contribution is 2.26. The summed E-state index contributed by atoms with van der Waals surface area (Å²) in [5.74, 6) is 0. The largest absolute Gasteiger partial charge is 0.390 e. The van der Waals surface area contributed by atoms with Crippen molar-refractivity contribution < 1.29 is 0 Å². The van der Waals surface area contributed by atoms with Crippen LogP contribution in [0.3, 0.4) is 0 Å². The summed E-state index contributed by atoms with van der Waals surface area (Å²) in [4.78, 5) is 5.30. The summed E-state index contributed by atoms with van der Waals surface area (Å²) in [6, 6.07) is 0. The molecule has 0 radical (unpaired) electrons. The minimum absolute atomic E-state index is 0.951. The summed E-state index contributed by atoms with van der Waals surface area (Å²) in [5.41, 5.74) is 7.56. The average molecular weight is 194 g/mol. The van der Waals surface area contributed by atoms with Gasteiger partial charge in [-0.15, -0.1) is 11.8 Å². The number of aliphatic imine (C=N–C) groups is 1. The van der Waals surface area contributed by atoms with Gasteiger partial charge in [0.2, 0.25) is 0 Å². The molecule has 0 aliphatic heterocycles. The highest BCUT2D eigenvalue weighted by Gasteiger charge is 2.04. The molecule has 0 aromatic heterocycles. The molecular weight excluding hydrogens is 180 g/mol. The van der Waals surface area contributed by atoms with E-state index in [1.54, 1.807) is 11.8 Å². The maximum absolute atomic E-state index is 5.27.